The number of carbonyl (C=O) groups is 2. The molecule has 1 aromatic heterocycles. The van der Waals surface area contributed by atoms with E-state index >= 15 is 0 Å². The summed E-state index contributed by atoms with van der Waals surface area (Å²) < 4.78 is 4.99. The SMILES string of the molecule is CCC(C)(NC(=O)c1coc(C)c1)C(=O)O. The Kier molecular flexibility index (Phi) is 3.37. The molecule has 1 amide bonds. The normalized spacial score (nSPS) is 14.2. The number of aryl methyl sites for hydroxylation is 1. The second-order valence-corrected chi connectivity index (χ2v) is 3.89. The highest BCUT2D eigenvalue weighted by molar-refractivity contribution is 5.97. The van der Waals surface area contributed by atoms with Crippen LogP contribution < -0.4 is 5.32 Å². The minimum atomic E-state index is -1.25. The zero-order chi connectivity index (χ0) is 12.3. The Labute approximate surface area is 93.4 Å². The lowest BCUT2D eigenvalue weighted by atomic mass is 9.99. The number of aliphatic carboxylic acids is 1. The number of hydrogen-bond acceptors (Lipinski definition) is 3. The highest BCUT2D eigenvalue weighted by atomic mass is 16.4. The maximum atomic E-state index is 11.7. The van der Waals surface area contributed by atoms with Gasteiger partial charge in [0.25, 0.3) is 5.91 Å². The van der Waals surface area contributed by atoms with Gasteiger partial charge >= 0.3 is 5.97 Å². The molecule has 5 nitrogen and oxygen atoms in total. The number of carbonyl (C=O) groups excluding carboxylic acids is 1. The first kappa shape index (κ1) is 12.3. The van der Waals surface area contributed by atoms with E-state index in [9.17, 15) is 9.59 Å². The largest absolute Gasteiger partial charge is 0.480 e. The lowest BCUT2D eigenvalue weighted by molar-refractivity contribution is -0.143. The van der Waals surface area contributed by atoms with Crippen molar-refractivity contribution in [1.82, 2.24) is 5.32 Å². The zero-order valence-electron chi connectivity index (χ0n) is 9.53. The molecule has 0 bridgehead atoms. The summed E-state index contributed by atoms with van der Waals surface area (Å²) in [6, 6.07) is 1.56. The van der Waals surface area contributed by atoms with Gasteiger partial charge in [-0.25, -0.2) is 4.79 Å². The Morgan fingerprint density at radius 2 is 2.19 bits per heavy atom. The lowest BCUT2D eigenvalue weighted by Crippen LogP contribution is -2.51. The Morgan fingerprint density at radius 1 is 1.56 bits per heavy atom. The molecule has 1 heterocycles. The van der Waals surface area contributed by atoms with E-state index < -0.39 is 17.4 Å². The number of carboxylic acids is 1. The lowest BCUT2D eigenvalue weighted by Gasteiger charge is -2.24. The molecule has 2 N–H and O–H groups in total. The molecule has 16 heavy (non-hydrogen) atoms. The number of nitrogens with one attached hydrogen (secondary N) is 1. The van der Waals surface area contributed by atoms with Gasteiger partial charge < -0.3 is 14.8 Å². The average Bonchev–Trinajstić information content (AvgIpc) is 2.64. The Bertz CT molecular complexity index is 410. The molecule has 0 aromatic carbocycles. The summed E-state index contributed by atoms with van der Waals surface area (Å²) in [6.07, 6.45) is 1.62. The minimum Gasteiger partial charge on any atom is -0.480 e. The monoisotopic (exact) mass is 225 g/mol. The summed E-state index contributed by atoms with van der Waals surface area (Å²) in [5.41, 5.74) is -0.916. The number of rotatable bonds is 4. The third-order valence-electron chi connectivity index (χ3n) is 2.56. The Hall–Kier alpha value is -1.78. The van der Waals surface area contributed by atoms with Gasteiger partial charge in [-0.3, -0.25) is 4.79 Å². The van der Waals surface area contributed by atoms with Crippen molar-refractivity contribution in [2.24, 2.45) is 0 Å². The molecule has 5 heteroatoms. The second kappa shape index (κ2) is 4.38. The van der Waals surface area contributed by atoms with Crippen molar-refractivity contribution in [2.75, 3.05) is 0 Å². The van der Waals surface area contributed by atoms with Crippen molar-refractivity contribution < 1.29 is 19.1 Å². The summed E-state index contributed by atoms with van der Waals surface area (Å²) in [6.45, 7) is 4.89. The van der Waals surface area contributed by atoms with Crippen molar-refractivity contribution in [3.63, 3.8) is 0 Å². The molecule has 1 atom stereocenters. The summed E-state index contributed by atoms with van der Waals surface area (Å²) in [5, 5.41) is 11.5. The number of hydrogen-bond donors (Lipinski definition) is 2. The molecule has 1 unspecified atom stereocenters. The van der Waals surface area contributed by atoms with Gasteiger partial charge in [0.15, 0.2) is 0 Å². The van der Waals surface area contributed by atoms with Gasteiger partial charge in [-0.15, -0.1) is 0 Å². The van der Waals surface area contributed by atoms with E-state index in [1.165, 1.54) is 13.2 Å². The van der Waals surface area contributed by atoms with Crippen LogP contribution in [0.3, 0.4) is 0 Å². The van der Waals surface area contributed by atoms with E-state index in [2.05, 4.69) is 5.32 Å². The maximum Gasteiger partial charge on any atom is 0.329 e. The first-order valence-electron chi connectivity index (χ1n) is 5.00. The van der Waals surface area contributed by atoms with Gasteiger partial charge in [-0.1, -0.05) is 6.92 Å². The molecular formula is C11H15NO4. The smallest absolute Gasteiger partial charge is 0.329 e. The van der Waals surface area contributed by atoms with Crippen LogP contribution in [-0.2, 0) is 4.79 Å². The first-order chi connectivity index (χ1) is 7.39. The van der Waals surface area contributed by atoms with Crippen LogP contribution in [0, 0.1) is 6.92 Å². The molecule has 0 aliphatic heterocycles. The molecule has 88 valence electrons. The number of amides is 1. The van der Waals surface area contributed by atoms with Crippen molar-refractivity contribution in [2.45, 2.75) is 32.7 Å². The molecule has 1 aromatic rings. The summed E-state index contributed by atoms with van der Waals surface area (Å²) >= 11 is 0. The van der Waals surface area contributed by atoms with Gasteiger partial charge in [0.05, 0.1) is 5.56 Å². The molecule has 0 saturated carbocycles. The van der Waals surface area contributed by atoms with Gasteiger partial charge in [0, 0.05) is 0 Å². The average molecular weight is 225 g/mol. The predicted molar refractivity (Wildman–Crippen MR) is 57.2 cm³/mol. The Morgan fingerprint density at radius 3 is 2.56 bits per heavy atom. The molecule has 0 saturated heterocycles. The van der Waals surface area contributed by atoms with Gasteiger partial charge in [0.2, 0.25) is 0 Å². The fourth-order valence-electron chi connectivity index (χ4n) is 1.18. The molecule has 0 aliphatic rings. The fraction of sp³-hybridized carbons (Fsp3) is 0.455. The molecule has 1 rings (SSSR count). The van der Waals surface area contributed by atoms with Crippen LogP contribution in [0.2, 0.25) is 0 Å². The van der Waals surface area contributed by atoms with Crippen molar-refractivity contribution in [3.8, 4) is 0 Å². The number of carboxylic acid groups (broad SMARTS) is 1. The van der Waals surface area contributed by atoms with Crippen LogP contribution in [-0.4, -0.2) is 22.5 Å². The first-order valence-corrected chi connectivity index (χ1v) is 5.00. The van der Waals surface area contributed by atoms with Gasteiger partial charge in [0.1, 0.15) is 17.6 Å². The van der Waals surface area contributed by atoms with Crippen molar-refractivity contribution in [1.29, 1.82) is 0 Å². The van der Waals surface area contributed by atoms with E-state index in [0.29, 0.717) is 17.7 Å². The van der Waals surface area contributed by atoms with E-state index in [1.807, 2.05) is 0 Å². The summed E-state index contributed by atoms with van der Waals surface area (Å²) in [5.74, 6) is -0.883. The van der Waals surface area contributed by atoms with Gasteiger partial charge in [-0.2, -0.15) is 0 Å². The molecule has 0 fully saturated rings. The van der Waals surface area contributed by atoms with E-state index in [1.54, 1.807) is 19.9 Å². The highest BCUT2D eigenvalue weighted by Gasteiger charge is 2.33. The molecule has 0 aliphatic carbocycles. The summed E-state index contributed by atoms with van der Waals surface area (Å²) in [4.78, 5) is 22.7. The number of furan rings is 1. The summed E-state index contributed by atoms with van der Waals surface area (Å²) in [7, 11) is 0. The van der Waals surface area contributed by atoms with Crippen molar-refractivity contribution in [3.05, 3.63) is 23.7 Å². The van der Waals surface area contributed by atoms with Gasteiger partial charge in [-0.05, 0) is 26.3 Å². The topological polar surface area (TPSA) is 79.5 Å². The minimum absolute atomic E-state index is 0.310. The molecule has 0 radical (unpaired) electrons. The van der Waals surface area contributed by atoms with Crippen molar-refractivity contribution >= 4 is 11.9 Å². The fourth-order valence-corrected chi connectivity index (χ4v) is 1.18. The van der Waals surface area contributed by atoms with Crippen LogP contribution in [0.25, 0.3) is 0 Å². The third-order valence-corrected chi connectivity index (χ3v) is 2.56. The Balaban J connectivity index is 2.81. The zero-order valence-corrected chi connectivity index (χ0v) is 9.53. The third kappa shape index (κ3) is 2.42. The standard InChI is InChI=1S/C11H15NO4/c1-4-11(3,10(14)15)12-9(13)8-5-7(2)16-6-8/h5-6H,4H2,1-3H3,(H,12,13)(H,14,15). The van der Waals surface area contributed by atoms with Crippen LogP contribution in [0.15, 0.2) is 16.7 Å². The van der Waals surface area contributed by atoms with E-state index in [-0.39, 0.29) is 0 Å². The van der Waals surface area contributed by atoms with Crippen LogP contribution in [0.1, 0.15) is 36.4 Å². The second-order valence-electron chi connectivity index (χ2n) is 3.89. The molecular weight excluding hydrogens is 210 g/mol. The molecule has 0 spiro atoms. The highest BCUT2D eigenvalue weighted by Crippen LogP contribution is 2.12. The van der Waals surface area contributed by atoms with Crippen LogP contribution in [0.4, 0.5) is 0 Å². The predicted octanol–water partition coefficient (Wildman–Crippen LogP) is 1.57. The van der Waals surface area contributed by atoms with Crippen LogP contribution in [0.5, 0.6) is 0 Å². The van der Waals surface area contributed by atoms with Crippen LogP contribution >= 0.6 is 0 Å². The maximum absolute atomic E-state index is 11.7. The quantitative estimate of drug-likeness (QED) is 0.815. The van der Waals surface area contributed by atoms with E-state index in [0.717, 1.165) is 0 Å². The van der Waals surface area contributed by atoms with E-state index in [4.69, 9.17) is 9.52 Å².